The van der Waals surface area contributed by atoms with Crippen molar-refractivity contribution >= 4 is 21.6 Å². The van der Waals surface area contributed by atoms with Crippen LogP contribution in [-0.2, 0) is 6.18 Å². The summed E-state index contributed by atoms with van der Waals surface area (Å²) in [6, 6.07) is 7.95. The van der Waals surface area contributed by atoms with Crippen LogP contribution >= 0.6 is 11.3 Å². The second kappa shape index (κ2) is 4.31. The molecular formula is C13H7F3N2S. The summed E-state index contributed by atoms with van der Waals surface area (Å²) in [7, 11) is 0. The largest absolute Gasteiger partial charge is 0.417 e. The molecule has 2 aromatic heterocycles. The zero-order valence-electron chi connectivity index (χ0n) is 9.48. The van der Waals surface area contributed by atoms with Crippen molar-refractivity contribution in [3.8, 4) is 11.3 Å². The van der Waals surface area contributed by atoms with Gasteiger partial charge in [-0.1, -0.05) is 6.07 Å². The van der Waals surface area contributed by atoms with E-state index in [-0.39, 0.29) is 0 Å². The lowest BCUT2D eigenvalue weighted by molar-refractivity contribution is -0.137. The highest BCUT2D eigenvalue weighted by atomic mass is 32.1. The van der Waals surface area contributed by atoms with Crippen molar-refractivity contribution in [3.63, 3.8) is 0 Å². The van der Waals surface area contributed by atoms with Crippen LogP contribution in [0.25, 0.3) is 21.5 Å². The SMILES string of the molecule is FC(F)(F)c1ccc(-c2ccc3scnc3c2)nc1. The van der Waals surface area contributed by atoms with E-state index >= 15 is 0 Å². The minimum absolute atomic E-state index is 0.503. The number of hydrogen-bond acceptors (Lipinski definition) is 3. The van der Waals surface area contributed by atoms with E-state index in [1.165, 1.54) is 17.4 Å². The molecule has 6 heteroatoms. The average Bonchev–Trinajstić information content (AvgIpc) is 2.85. The molecule has 3 rings (SSSR count). The standard InChI is InChI=1S/C13H7F3N2S/c14-13(15,16)9-2-3-10(17-6-9)8-1-4-12-11(5-8)18-7-19-12/h1-7H. The number of halogens is 3. The van der Waals surface area contributed by atoms with Gasteiger partial charge in [-0.25, -0.2) is 4.98 Å². The molecule has 0 aliphatic carbocycles. The van der Waals surface area contributed by atoms with Gasteiger partial charge in [0.05, 0.1) is 27.0 Å². The Hall–Kier alpha value is -1.95. The van der Waals surface area contributed by atoms with Crippen LogP contribution in [0.2, 0.25) is 0 Å². The van der Waals surface area contributed by atoms with Crippen molar-refractivity contribution < 1.29 is 13.2 Å². The lowest BCUT2D eigenvalue weighted by Gasteiger charge is -2.06. The monoisotopic (exact) mass is 280 g/mol. The summed E-state index contributed by atoms with van der Waals surface area (Å²) in [6.45, 7) is 0. The highest BCUT2D eigenvalue weighted by molar-refractivity contribution is 7.16. The highest BCUT2D eigenvalue weighted by Crippen LogP contribution is 2.30. The normalized spacial score (nSPS) is 11.9. The summed E-state index contributed by atoms with van der Waals surface area (Å²) in [5.74, 6) is 0. The van der Waals surface area contributed by atoms with Gasteiger partial charge in [0.2, 0.25) is 0 Å². The smallest absolute Gasteiger partial charge is 0.256 e. The van der Waals surface area contributed by atoms with Crippen molar-refractivity contribution in [3.05, 3.63) is 47.6 Å². The number of pyridine rings is 1. The fourth-order valence-electron chi connectivity index (χ4n) is 1.75. The van der Waals surface area contributed by atoms with Crippen molar-refractivity contribution in [2.75, 3.05) is 0 Å². The van der Waals surface area contributed by atoms with E-state index in [0.717, 1.165) is 28.0 Å². The first-order chi connectivity index (χ1) is 9.04. The first-order valence-electron chi connectivity index (χ1n) is 5.41. The van der Waals surface area contributed by atoms with E-state index in [4.69, 9.17) is 0 Å². The molecule has 19 heavy (non-hydrogen) atoms. The maximum atomic E-state index is 12.4. The Bertz CT molecular complexity index is 717. The average molecular weight is 280 g/mol. The topological polar surface area (TPSA) is 25.8 Å². The fourth-order valence-corrected chi connectivity index (χ4v) is 2.41. The number of hydrogen-bond donors (Lipinski definition) is 0. The third kappa shape index (κ3) is 2.31. The molecule has 2 heterocycles. The van der Waals surface area contributed by atoms with Gasteiger partial charge in [-0.15, -0.1) is 11.3 Å². The molecule has 0 saturated carbocycles. The third-order valence-electron chi connectivity index (χ3n) is 2.72. The molecule has 0 amide bonds. The van der Waals surface area contributed by atoms with Crippen LogP contribution in [0.4, 0.5) is 13.2 Å². The molecular weight excluding hydrogens is 273 g/mol. The number of nitrogens with zero attached hydrogens (tertiary/aromatic N) is 2. The second-order valence-electron chi connectivity index (χ2n) is 3.96. The highest BCUT2D eigenvalue weighted by Gasteiger charge is 2.30. The van der Waals surface area contributed by atoms with Gasteiger partial charge in [0.1, 0.15) is 0 Å². The van der Waals surface area contributed by atoms with E-state index in [1.807, 2.05) is 18.2 Å². The Morgan fingerprint density at radius 2 is 1.84 bits per heavy atom. The van der Waals surface area contributed by atoms with Crippen LogP contribution in [0.1, 0.15) is 5.56 Å². The molecule has 0 radical (unpaired) electrons. The van der Waals surface area contributed by atoms with E-state index < -0.39 is 11.7 Å². The molecule has 1 aromatic carbocycles. The fraction of sp³-hybridized carbons (Fsp3) is 0.0769. The zero-order chi connectivity index (χ0) is 13.5. The molecule has 96 valence electrons. The van der Waals surface area contributed by atoms with Gasteiger partial charge in [0, 0.05) is 11.8 Å². The Morgan fingerprint density at radius 1 is 1.00 bits per heavy atom. The first kappa shape index (κ1) is 12.1. The maximum Gasteiger partial charge on any atom is 0.417 e. The molecule has 2 nitrogen and oxygen atoms in total. The molecule has 0 atom stereocenters. The lowest BCUT2D eigenvalue weighted by Crippen LogP contribution is -2.05. The minimum Gasteiger partial charge on any atom is -0.256 e. The number of thiazole rings is 1. The van der Waals surface area contributed by atoms with Crippen LogP contribution in [0.5, 0.6) is 0 Å². The Labute approximate surface area is 110 Å². The minimum atomic E-state index is -4.36. The molecule has 0 unspecified atom stereocenters. The van der Waals surface area contributed by atoms with E-state index in [9.17, 15) is 13.2 Å². The van der Waals surface area contributed by atoms with Crippen LogP contribution in [0, 0.1) is 0 Å². The van der Waals surface area contributed by atoms with Crippen molar-refractivity contribution in [1.29, 1.82) is 0 Å². The van der Waals surface area contributed by atoms with Gasteiger partial charge < -0.3 is 0 Å². The Morgan fingerprint density at radius 3 is 2.53 bits per heavy atom. The van der Waals surface area contributed by atoms with Gasteiger partial charge >= 0.3 is 6.18 Å². The molecule has 3 aromatic rings. The predicted octanol–water partition coefficient (Wildman–Crippen LogP) is 4.38. The molecule has 0 fully saturated rings. The molecule has 0 spiro atoms. The van der Waals surface area contributed by atoms with Crippen molar-refractivity contribution in [2.45, 2.75) is 6.18 Å². The van der Waals surface area contributed by atoms with Gasteiger partial charge in [-0.05, 0) is 24.3 Å². The summed E-state index contributed by atoms with van der Waals surface area (Å²) < 4.78 is 38.4. The number of alkyl halides is 3. The van der Waals surface area contributed by atoms with E-state index in [1.54, 1.807) is 5.51 Å². The van der Waals surface area contributed by atoms with Gasteiger partial charge in [-0.3, -0.25) is 4.98 Å². The number of aromatic nitrogens is 2. The first-order valence-corrected chi connectivity index (χ1v) is 6.29. The molecule has 0 bridgehead atoms. The van der Waals surface area contributed by atoms with E-state index in [0.29, 0.717) is 5.69 Å². The summed E-state index contributed by atoms with van der Waals surface area (Å²) in [6.07, 6.45) is -3.51. The number of rotatable bonds is 1. The van der Waals surface area contributed by atoms with Crippen LogP contribution in [-0.4, -0.2) is 9.97 Å². The zero-order valence-corrected chi connectivity index (χ0v) is 10.3. The Balaban J connectivity index is 2.01. The predicted molar refractivity (Wildman–Crippen MR) is 67.9 cm³/mol. The summed E-state index contributed by atoms with van der Waals surface area (Å²) in [5, 5.41) is 0. The van der Waals surface area contributed by atoms with Gasteiger partial charge in [0.15, 0.2) is 0 Å². The molecule has 0 aliphatic rings. The quantitative estimate of drug-likeness (QED) is 0.661. The maximum absolute atomic E-state index is 12.4. The number of benzene rings is 1. The van der Waals surface area contributed by atoms with Gasteiger partial charge in [-0.2, -0.15) is 13.2 Å². The summed E-state index contributed by atoms with van der Waals surface area (Å²) in [4.78, 5) is 8.03. The van der Waals surface area contributed by atoms with Gasteiger partial charge in [0.25, 0.3) is 0 Å². The van der Waals surface area contributed by atoms with Crippen molar-refractivity contribution in [1.82, 2.24) is 9.97 Å². The Kier molecular flexibility index (Phi) is 2.74. The van der Waals surface area contributed by atoms with Crippen LogP contribution in [0.3, 0.4) is 0 Å². The second-order valence-corrected chi connectivity index (χ2v) is 4.85. The summed E-state index contributed by atoms with van der Waals surface area (Å²) in [5.41, 5.74) is 3.07. The van der Waals surface area contributed by atoms with Crippen LogP contribution < -0.4 is 0 Å². The molecule has 0 aliphatic heterocycles. The molecule has 0 N–H and O–H groups in total. The lowest BCUT2D eigenvalue weighted by atomic mass is 10.1. The van der Waals surface area contributed by atoms with Crippen molar-refractivity contribution in [2.24, 2.45) is 0 Å². The molecule has 0 saturated heterocycles. The van der Waals surface area contributed by atoms with Crippen LogP contribution in [0.15, 0.2) is 42.0 Å². The summed E-state index contributed by atoms with van der Waals surface area (Å²) >= 11 is 1.52. The third-order valence-corrected chi connectivity index (χ3v) is 3.53. The van der Waals surface area contributed by atoms with E-state index in [2.05, 4.69) is 9.97 Å². The number of fused-ring (bicyclic) bond motifs is 1.